The highest BCUT2D eigenvalue weighted by Crippen LogP contribution is 2.30. The van der Waals surface area contributed by atoms with Gasteiger partial charge in [-0.2, -0.15) is 11.8 Å². The number of nitrogens with one attached hydrogen (secondary N) is 1. The van der Waals surface area contributed by atoms with Crippen molar-refractivity contribution in [2.45, 2.75) is 50.3 Å². The van der Waals surface area contributed by atoms with E-state index < -0.39 is 0 Å². The minimum atomic E-state index is 0.726. The zero-order valence-corrected chi connectivity index (χ0v) is 12.3. The van der Waals surface area contributed by atoms with E-state index in [9.17, 15) is 0 Å². The number of hydrogen-bond acceptors (Lipinski definition) is 3. The maximum atomic E-state index is 3.76. The monoisotopic (exact) mass is 269 g/mol. The zero-order valence-electron chi connectivity index (χ0n) is 10.7. The van der Waals surface area contributed by atoms with Crippen LogP contribution in [-0.4, -0.2) is 23.6 Å². The summed E-state index contributed by atoms with van der Waals surface area (Å²) < 4.78 is 0. The van der Waals surface area contributed by atoms with Gasteiger partial charge < -0.3 is 5.32 Å². The molecule has 17 heavy (non-hydrogen) atoms. The number of hydrogen-bond donors (Lipinski definition) is 1. The van der Waals surface area contributed by atoms with E-state index in [-0.39, 0.29) is 0 Å². The van der Waals surface area contributed by atoms with Crippen molar-refractivity contribution in [1.82, 2.24) is 5.32 Å². The molecule has 1 aliphatic heterocycles. The van der Waals surface area contributed by atoms with Crippen molar-refractivity contribution in [2.75, 3.05) is 12.3 Å². The van der Waals surface area contributed by atoms with Gasteiger partial charge >= 0.3 is 0 Å². The first-order valence-corrected chi connectivity index (χ1v) is 8.70. The lowest BCUT2D eigenvalue weighted by Crippen LogP contribution is -2.38. The lowest BCUT2D eigenvalue weighted by molar-refractivity contribution is 0.459. The Kier molecular flexibility index (Phi) is 5.89. The smallest absolute Gasteiger partial charge is 0.0201 e. The third-order valence-electron chi connectivity index (χ3n) is 3.35. The topological polar surface area (TPSA) is 12.0 Å². The van der Waals surface area contributed by atoms with Crippen LogP contribution in [0.3, 0.4) is 0 Å². The molecule has 96 valence electrons. The summed E-state index contributed by atoms with van der Waals surface area (Å²) in [5.41, 5.74) is 0. The number of thiophene rings is 1. The van der Waals surface area contributed by atoms with Crippen LogP contribution in [0.1, 0.15) is 37.5 Å². The molecule has 2 unspecified atom stereocenters. The lowest BCUT2D eigenvalue weighted by atomic mass is 10.0. The molecule has 2 atom stereocenters. The minimum Gasteiger partial charge on any atom is -0.313 e. The Morgan fingerprint density at radius 1 is 1.53 bits per heavy atom. The molecule has 1 aromatic heterocycles. The van der Waals surface area contributed by atoms with Gasteiger partial charge in [0, 0.05) is 16.2 Å². The summed E-state index contributed by atoms with van der Waals surface area (Å²) in [6.45, 7) is 3.43. The molecule has 1 nitrogen and oxygen atoms in total. The summed E-state index contributed by atoms with van der Waals surface area (Å²) in [5.74, 6) is 1.37. The fourth-order valence-corrected chi connectivity index (χ4v) is 4.58. The Bertz CT molecular complexity index is 291. The molecule has 1 fully saturated rings. The van der Waals surface area contributed by atoms with Crippen LogP contribution in [0.25, 0.3) is 0 Å². The summed E-state index contributed by atoms with van der Waals surface area (Å²) in [7, 11) is 0. The molecule has 0 bridgehead atoms. The second-order valence-electron chi connectivity index (χ2n) is 4.73. The third kappa shape index (κ3) is 4.31. The van der Waals surface area contributed by atoms with Crippen LogP contribution in [0.4, 0.5) is 0 Å². The molecular weight excluding hydrogens is 246 g/mol. The van der Waals surface area contributed by atoms with Gasteiger partial charge in [-0.25, -0.2) is 0 Å². The molecular formula is C14H23NS2. The summed E-state index contributed by atoms with van der Waals surface area (Å²) >= 11 is 4.08. The molecule has 1 aromatic rings. The van der Waals surface area contributed by atoms with Crippen LogP contribution in [0, 0.1) is 0 Å². The molecule has 1 N–H and O–H groups in total. The first kappa shape index (κ1) is 13.4. The molecule has 1 aliphatic rings. The van der Waals surface area contributed by atoms with Gasteiger partial charge in [-0.3, -0.25) is 0 Å². The number of rotatable bonds is 7. The molecule has 0 saturated carbocycles. The Balaban J connectivity index is 1.81. The first-order chi connectivity index (χ1) is 8.40. The van der Waals surface area contributed by atoms with E-state index in [1.807, 2.05) is 11.3 Å². The van der Waals surface area contributed by atoms with Crippen LogP contribution < -0.4 is 5.32 Å². The van der Waals surface area contributed by atoms with Crippen LogP contribution in [-0.2, 0) is 6.42 Å². The highest BCUT2D eigenvalue weighted by atomic mass is 32.2. The standard InChI is InChI=1S/C14H23NS2/c1-2-9-15-13(14-6-4-11-17-14)8-7-12-5-3-10-16-12/h3,5,10,13-15H,2,4,6-9,11H2,1H3. The third-order valence-corrected chi connectivity index (χ3v) is 5.80. The van der Waals surface area contributed by atoms with Gasteiger partial charge in [0.25, 0.3) is 0 Å². The van der Waals surface area contributed by atoms with Gasteiger partial charge in [0.15, 0.2) is 0 Å². The Hall–Kier alpha value is 0.01000. The summed E-state index contributed by atoms with van der Waals surface area (Å²) in [6.07, 6.45) is 6.62. The van der Waals surface area contributed by atoms with Gasteiger partial charge in [0.1, 0.15) is 0 Å². The lowest BCUT2D eigenvalue weighted by Gasteiger charge is -2.24. The Morgan fingerprint density at radius 2 is 2.47 bits per heavy atom. The van der Waals surface area contributed by atoms with Crippen molar-refractivity contribution < 1.29 is 0 Å². The second kappa shape index (κ2) is 7.45. The highest BCUT2D eigenvalue weighted by molar-refractivity contribution is 8.00. The van der Waals surface area contributed by atoms with Crippen LogP contribution in [0.5, 0.6) is 0 Å². The summed E-state index contributed by atoms with van der Waals surface area (Å²) in [5, 5.41) is 6.81. The maximum absolute atomic E-state index is 3.76. The Morgan fingerprint density at radius 3 is 3.12 bits per heavy atom. The predicted molar refractivity (Wildman–Crippen MR) is 80.2 cm³/mol. The molecule has 0 amide bonds. The second-order valence-corrected chi connectivity index (χ2v) is 7.11. The SMILES string of the molecule is CCCNC(CCc1cccs1)C1CCCS1. The van der Waals surface area contributed by atoms with Gasteiger partial charge in [-0.15, -0.1) is 11.3 Å². The number of aryl methyl sites for hydroxylation is 1. The van der Waals surface area contributed by atoms with Crippen molar-refractivity contribution in [2.24, 2.45) is 0 Å². The van der Waals surface area contributed by atoms with E-state index >= 15 is 0 Å². The van der Waals surface area contributed by atoms with Crippen LogP contribution >= 0.6 is 23.1 Å². The van der Waals surface area contributed by atoms with E-state index in [0.717, 1.165) is 11.3 Å². The quantitative estimate of drug-likeness (QED) is 0.804. The summed E-state index contributed by atoms with van der Waals surface area (Å²) in [4.78, 5) is 1.54. The summed E-state index contributed by atoms with van der Waals surface area (Å²) in [6, 6.07) is 5.16. The van der Waals surface area contributed by atoms with Gasteiger partial charge in [0.2, 0.25) is 0 Å². The molecule has 0 aliphatic carbocycles. The zero-order chi connectivity index (χ0) is 11.9. The molecule has 2 heterocycles. The molecule has 3 heteroatoms. The Labute approximate surface area is 113 Å². The molecule has 0 spiro atoms. The van der Waals surface area contributed by atoms with Crippen molar-refractivity contribution in [3.8, 4) is 0 Å². The van der Waals surface area contributed by atoms with Crippen molar-refractivity contribution in [1.29, 1.82) is 0 Å². The maximum Gasteiger partial charge on any atom is 0.0201 e. The van der Waals surface area contributed by atoms with Crippen LogP contribution in [0.2, 0.25) is 0 Å². The van der Waals surface area contributed by atoms with Crippen LogP contribution in [0.15, 0.2) is 17.5 Å². The van der Waals surface area contributed by atoms with Gasteiger partial charge in [0.05, 0.1) is 0 Å². The molecule has 1 saturated heterocycles. The average molecular weight is 269 g/mol. The van der Waals surface area contributed by atoms with Gasteiger partial charge in [-0.1, -0.05) is 13.0 Å². The van der Waals surface area contributed by atoms with E-state index in [4.69, 9.17) is 0 Å². The predicted octanol–water partition coefficient (Wildman–Crippen LogP) is 3.94. The van der Waals surface area contributed by atoms with Gasteiger partial charge in [-0.05, 0) is 55.8 Å². The van der Waals surface area contributed by atoms with E-state index in [1.165, 1.54) is 49.3 Å². The molecule has 0 aromatic carbocycles. The normalized spacial score (nSPS) is 21.8. The van der Waals surface area contributed by atoms with E-state index in [2.05, 4.69) is 41.5 Å². The molecule has 0 radical (unpaired) electrons. The fraction of sp³-hybridized carbons (Fsp3) is 0.714. The van der Waals surface area contributed by atoms with Crippen molar-refractivity contribution in [3.63, 3.8) is 0 Å². The number of thioether (sulfide) groups is 1. The van der Waals surface area contributed by atoms with Crippen molar-refractivity contribution >= 4 is 23.1 Å². The van der Waals surface area contributed by atoms with E-state index in [1.54, 1.807) is 0 Å². The minimum absolute atomic E-state index is 0.726. The highest BCUT2D eigenvalue weighted by Gasteiger charge is 2.24. The van der Waals surface area contributed by atoms with Crippen molar-refractivity contribution in [3.05, 3.63) is 22.4 Å². The average Bonchev–Trinajstić information content (AvgIpc) is 3.01. The molecule has 2 rings (SSSR count). The largest absolute Gasteiger partial charge is 0.313 e. The fourth-order valence-electron chi connectivity index (χ4n) is 2.42. The first-order valence-electron chi connectivity index (χ1n) is 6.77. The van der Waals surface area contributed by atoms with E-state index in [0.29, 0.717) is 0 Å².